The van der Waals surface area contributed by atoms with Crippen LogP contribution in [-0.4, -0.2) is 76.8 Å². The second-order valence-electron chi connectivity index (χ2n) is 8.98. The van der Waals surface area contributed by atoms with Gasteiger partial charge in [0.15, 0.2) is 0 Å². The van der Waals surface area contributed by atoms with Crippen molar-refractivity contribution in [3.63, 3.8) is 0 Å². The molecule has 2 saturated heterocycles. The number of hydrogen-bond acceptors (Lipinski definition) is 5. The third-order valence-corrected chi connectivity index (χ3v) is 6.63. The van der Waals surface area contributed by atoms with Gasteiger partial charge in [-0.1, -0.05) is 30.3 Å². The Morgan fingerprint density at radius 1 is 1.12 bits per heavy atom. The summed E-state index contributed by atoms with van der Waals surface area (Å²) in [5, 5.41) is 3.51. The van der Waals surface area contributed by atoms with Gasteiger partial charge in [-0.15, -0.1) is 0 Å². The molecular formula is C24H35N5O4. The van der Waals surface area contributed by atoms with Crippen LogP contribution in [0.25, 0.3) is 0 Å². The third kappa shape index (κ3) is 5.90. The number of rotatable bonds is 9. The van der Waals surface area contributed by atoms with Crippen molar-refractivity contribution in [1.82, 2.24) is 25.6 Å². The van der Waals surface area contributed by atoms with Crippen molar-refractivity contribution in [2.75, 3.05) is 32.7 Å². The fraction of sp³-hybridized carbons (Fsp3) is 0.583. The first-order chi connectivity index (χ1) is 15.8. The van der Waals surface area contributed by atoms with E-state index in [0.717, 1.165) is 10.6 Å². The SMILES string of the molecule is CCN(CC)C(=O)C1CCN(CC(=O)NN2C(=O)NC(C)(CCc3ccccc3)C2=O)CC1. The molecule has 5 amide bonds. The van der Waals surface area contributed by atoms with Crippen LogP contribution in [0.3, 0.4) is 0 Å². The zero-order chi connectivity index (χ0) is 24.0. The predicted octanol–water partition coefficient (Wildman–Crippen LogP) is 1.54. The van der Waals surface area contributed by atoms with Crippen molar-refractivity contribution < 1.29 is 19.2 Å². The molecule has 0 radical (unpaired) electrons. The molecular weight excluding hydrogens is 422 g/mol. The molecule has 180 valence electrons. The molecule has 2 fully saturated rings. The Balaban J connectivity index is 1.48. The lowest BCUT2D eigenvalue weighted by Gasteiger charge is -2.33. The van der Waals surface area contributed by atoms with Crippen LogP contribution in [-0.2, 0) is 20.8 Å². The van der Waals surface area contributed by atoms with Gasteiger partial charge < -0.3 is 10.2 Å². The largest absolute Gasteiger partial charge is 0.344 e. The highest BCUT2D eigenvalue weighted by atomic mass is 16.2. The van der Waals surface area contributed by atoms with E-state index in [2.05, 4.69) is 10.7 Å². The van der Waals surface area contributed by atoms with Crippen LogP contribution in [0.15, 0.2) is 30.3 Å². The van der Waals surface area contributed by atoms with Gasteiger partial charge in [0.05, 0.1) is 6.54 Å². The smallest absolute Gasteiger partial charge is 0.343 e. The van der Waals surface area contributed by atoms with E-state index in [1.807, 2.05) is 54.0 Å². The molecule has 33 heavy (non-hydrogen) atoms. The number of amides is 5. The summed E-state index contributed by atoms with van der Waals surface area (Å²) in [5.74, 6) is -0.710. The van der Waals surface area contributed by atoms with Crippen molar-refractivity contribution in [3.05, 3.63) is 35.9 Å². The summed E-state index contributed by atoms with van der Waals surface area (Å²) in [6, 6.07) is 9.12. The molecule has 1 atom stereocenters. The normalized spacial score (nSPS) is 21.7. The van der Waals surface area contributed by atoms with Crippen molar-refractivity contribution in [2.24, 2.45) is 5.92 Å². The Morgan fingerprint density at radius 3 is 2.36 bits per heavy atom. The van der Waals surface area contributed by atoms with Gasteiger partial charge in [0.25, 0.3) is 11.8 Å². The van der Waals surface area contributed by atoms with E-state index in [4.69, 9.17) is 0 Å². The average Bonchev–Trinajstić information content (AvgIpc) is 3.03. The number of hydrazine groups is 1. The van der Waals surface area contributed by atoms with Crippen molar-refractivity contribution >= 4 is 23.8 Å². The van der Waals surface area contributed by atoms with E-state index in [1.54, 1.807) is 6.92 Å². The molecule has 2 heterocycles. The number of carbonyl (C=O) groups excluding carboxylic acids is 4. The summed E-state index contributed by atoms with van der Waals surface area (Å²) < 4.78 is 0. The van der Waals surface area contributed by atoms with Gasteiger partial charge in [0.1, 0.15) is 5.54 Å². The first kappa shape index (κ1) is 24.7. The molecule has 0 aromatic heterocycles. The minimum Gasteiger partial charge on any atom is -0.343 e. The molecule has 2 N–H and O–H groups in total. The number of urea groups is 1. The van der Waals surface area contributed by atoms with Gasteiger partial charge in [-0.25, -0.2) is 4.79 Å². The molecule has 1 aromatic rings. The maximum Gasteiger partial charge on any atom is 0.344 e. The summed E-state index contributed by atoms with van der Waals surface area (Å²) in [6.07, 6.45) is 2.46. The molecule has 0 aliphatic carbocycles. The second-order valence-corrected chi connectivity index (χ2v) is 8.98. The van der Waals surface area contributed by atoms with Crippen LogP contribution in [0.2, 0.25) is 0 Å². The monoisotopic (exact) mass is 457 g/mol. The topological polar surface area (TPSA) is 102 Å². The fourth-order valence-electron chi connectivity index (χ4n) is 4.49. The van der Waals surface area contributed by atoms with Crippen LogP contribution in [0.5, 0.6) is 0 Å². The lowest BCUT2D eigenvalue weighted by molar-refractivity contribution is -0.140. The maximum absolute atomic E-state index is 12.9. The summed E-state index contributed by atoms with van der Waals surface area (Å²) in [5.41, 5.74) is 2.47. The minimum absolute atomic E-state index is 0.0135. The van der Waals surface area contributed by atoms with Crippen LogP contribution in [0.1, 0.15) is 45.6 Å². The Labute approximate surface area is 195 Å². The number of imide groups is 1. The lowest BCUT2D eigenvalue weighted by atomic mass is 9.93. The van der Waals surface area contributed by atoms with Crippen molar-refractivity contribution in [1.29, 1.82) is 0 Å². The van der Waals surface area contributed by atoms with Gasteiger partial charge >= 0.3 is 6.03 Å². The minimum atomic E-state index is -1.07. The molecule has 2 aliphatic heterocycles. The van der Waals surface area contributed by atoms with Gasteiger partial charge in [0.2, 0.25) is 5.91 Å². The van der Waals surface area contributed by atoms with Crippen LogP contribution in [0.4, 0.5) is 4.79 Å². The second kappa shape index (κ2) is 10.8. The van der Waals surface area contributed by atoms with Gasteiger partial charge in [-0.2, -0.15) is 5.01 Å². The van der Waals surface area contributed by atoms with E-state index in [9.17, 15) is 19.2 Å². The van der Waals surface area contributed by atoms with Gasteiger partial charge in [0, 0.05) is 19.0 Å². The number of piperidine rings is 1. The number of aryl methyl sites for hydroxylation is 1. The highest BCUT2D eigenvalue weighted by Crippen LogP contribution is 2.23. The number of carbonyl (C=O) groups is 4. The summed E-state index contributed by atoms with van der Waals surface area (Å²) >= 11 is 0. The predicted molar refractivity (Wildman–Crippen MR) is 124 cm³/mol. The Hall–Kier alpha value is -2.94. The quantitative estimate of drug-likeness (QED) is 0.548. The third-order valence-electron chi connectivity index (χ3n) is 6.63. The molecule has 9 heteroatoms. The zero-order valence-corrected chi connectivity index (χ0v) is 19.8. The number of likely N-dealkylation sites (tertiary alicyclic amines) is 1. The fourth-order valence-corrected chi connectivity index (χ4v) is 4.49. The van der Waals surface area contributed by atoms with Crippen molar-refractivity contribution in [2.45, 2.75) is 52.0 Å². The summed E-state index contributed by atoms with van der Waals surface area (Å²) in [4.78, 5) is 54.2. The summed E-state index contributed by atoms with van der Waals surface area (Å²) in [6.45, 7) is 8.36. The molecule has 0 bridgehead atoms. The highest BCUT2D eigenvalue weighted by Gasteiger charge is 2.48. The van der Waals surface area contributed by atoms with E-state index >= 15 is 0 Å². The van der Waals surface area contributed by atoms with Gasteiger partial charge in [-0.05, 0) is 65.1 Å². The molecule has 0 saturated carbocycles. The Bertz CT molecular complexity index is 865. The van der Waals surface area contributed by atoms with Crippen LogP contribution >= 0.6 is 0 Å². The van der Waals surface area contributed by atoms with Crippen LogP contribution < -0.4 is 10.7 Å². The van der Waals surface area contributed by atoms with Crippen LogP contribution in [0, 0.1) is 5.92 Å². The zero-order valence-electron chi connectivity index (χ0n) is 19.8. The first-order valence-electron chi connectivity index (χ1n) is 11.8. The standard InChI is InChI=1S/C24H35N5O4/c1-4-28(5-2)21(31)19-12-15-27(16-13-19)17-20(30)26-29-22(32)24(3,25-23(29)33)14-11-18-9-7-6-8-10-18/h6-10,19H,4-5,11-17H2,1-3H3,(H,25,33)(H,26,30). The van der Waals surface area contributed by atoms with Crippen molar-refractivity contribution in [3.8, 4) is 0 Å². The molecule has 1 aromatic carbocycles. The average molecular weight is 458 g/mol. The summed E-state index contributed by atoms with van der Waals surface area (Å²) in [7, 11) is 0. The van der Waals surface area contributed by atoms with E-state index < -0.39 is 23.4 Å². The molecule has 2 aliphatic rings. The maximum atomic E-state index is 12.9. The Kier molecular flexibility index (Phi) is 8.07. The molecule has 9 nitrogen and oxygen atoms in total. The molecule has 1 unspecified atom stereocenters. The number of nitrogens with zero attached hydrogens (tertiary/aromatic N) is 3. The molecule has 0 spiro atoms. The van der Waals surface area contributed by atoms with E-state index in [1.165, 1.54) is 0 Å². The highest BCUT2D eigenvalue weighted by molar-refractivity contribution is 6.07. The van der Waals surface area contributed by atoms with Gasteiger partial charge in [-0.3, -0.25) is 24.7 Å². The molecule has 3 rings (SSSR count). The first-order valence-corrected chi connectivity index (χ1v) is 11.8. The lowest BCUT2D eigenvalue weighted by Crippen LogP contribution is -2.52. The Morgan fingerprint density at radius 2 is 1.76 bits per heavy atom. The van der Waals surface area contributed by atoms with E-state index in [-0.39, 0.29) is 18.4 Å². The number of benzene rings is 1. The number of hydrogen-bond donors (Lipinski definition) is 2. The van der Waals surface area contributed by atoms with E-state index in [0.29, 0.717) is 51.9 Å². The number of nitrogens with one attached hydrogen (secondary N) is 2.